The SMILES string of the molecule is CCc1ccc(CCC2CCc3ccc(F)cc3C2)cc1. The Kier molecular flexibility index (Phi) is 4.38. The van der Waals surface area contributed by atoms with Crippen LogP contribution < -0.4 is 0 Å². The van der Waals surface area contributed by atoms with Crippen LogP contribution >= 0.6 is 0 Å². The number of hydrogen-bond donors (Lipinski definition) is 0. The monoisotopic (exact) mass is 282 g/mol. The first-order valence-corrected chi connectivity index (χ1v) is 8.09. The topological polar surface area (TPSA) is 0 Å². The summed E-state index contributed by atoms with van der Waals surface area (Å²) in [7, 11) is 0. The van der Waals surface area contributed by atoms with Gasteiger partial charge in [0.2, 0.25) is 0 Å². The molecule has 0 fully saturated rings. The average molecular weight is 282 g/mol. The zero-order valence-electron chi connectivity index (χ0n) is 12.7. The third kappa shape index (κ3) is 3.53. The number of rotatable bonds is 4. The van der Waals surface area contributed by atoms with Gasteiger partial charge < -0.3 is 0 Å². The predicted molar refractivity (Wildman–Crippen MR) is 86.1 cm³/mol. The molecular formula is C20H23F. The predicted octanol–water partition coefficient (Wildman–Crippen LogP) is 5.13. The summed E-state index contributed by atoms with van der Waals surface area (Å²) >= 11 is 0. The first-order chi connectivity index (χ1) is 10.2. The first-order valence-electron chi connectivity index (χ1n) is 8.09. The van der Waals surface area contributed by atoms with Crippen molar-refractivity contribution in [3.05, 3.63) is 70.5 Å². The minimum Gasteiger partial charge on any atom is -0.207 e. The van der Waals surface area contributed by atoms with Crippen molar-refractivity contribution < 1.29 is 4.39 Å². The molecule has 2 aromatic rings. The van der Waals surface area contributed by atoms with Crippen molar-refractivity contribution in [2.24, 2.45) is 5.92 Å². The highest BCUT2D eigenvalue weighted by Gasteiger charge is 2.18. The Labute approximate surface area is 127 Å². The highest BCUT2D eigenvalue weighted by Crippen LogP contribution is 2.29. The normalized spacial score (nSPS) is 17.5. The Morgan fingerprint density at radius 2 is 1.76 bits per heavy atom. The molecule has 2 aromatic carbocycles. The Morgan fingerprint density at radius 1 is 1.00 bits per heavy atom. The van der Waals surface area contributed by atoms with E-state index < -0.39 is 0 Å². The lowest BCUT2D eigenvalue weighted by Gasteiger charge is -2.24. The second-order valence-electron chi connectivity index (χ2n) is 6.23. The number of fused-ring (bicyclic) bond motifs is 1. The Bertz CT molecular complexity index is 598. The van der Waals surface area contributed by atoms with E-state index in [9.17, 15) is 4.39 Å². The molecule has 0 spiro atoms. The summed E-state index contributed by atoms with van der Waals surface area (Å²) in [6.45, 7) is 2.19. The third-order valence-electron chi connectivity index (χ3n) is 4.77. The van der Waals surface area contributed by atoms with Crippen LogP contribution in [0.2, 0.25) is 0 Å². The second kappa shape index (κ2) is 6.43. The molecule has 0 aliphatic heterocycles. The van der Waals surface area contributed by atoms with Crippen LogP contribution in [0.15, 0.2) is 42.5 Å². The summed E-state index contributed by atoms with van der Waals surface area (Å²) in [5.74, 6) is 0.606. The fourth-order valence-electron chi connectivity index (χ4n) is 3.36. The van der Waals surface area contributed by atoms with Crippen molar-refractivity contribution in [3.8, 4) is 0 Å². The van der Waals surface area contributed by atoms with E-state index in [0.717, 1.165) is 25.7 Å². The van der Waals surface area contributed by atoms with Gasteiger partial charge >= 0.3 is 0 Å². The number of hydrogen-bond acceptors (Lipinski definition) is 0. The fourth-order valence-corrected chi connectivity index (χ4v) is 3.36. The van der Waals surface area contributed by atoms with E-state index in [1.54, 1.807) is 12.1 Å². The van der Waals surface area contributed by atoms with Crippen LogP contribution in [0.1, 0.15) is 42.0 Å². The van der Waals surface area contributed by atoms with Crippen molar-refractivity contribution in [2.75, 3.05) is 0 Å². The van der Waals surface area contributed by atoms with Gasteiger partial charge in [0.1, 0.15) is 5.82 Å². The molecule has 1 aliphatic carbocycles. The first kappa shape index (κ1) is 14.3. The van der Waals surface area contributed by atoms with Gasteiger partial charge in [0, 0.05) is 0 Å². The van der Waals surface area contributed by atoms with Gasteiger partial charge in [-0.25, -0.2) is 4.39 Å². The Morgan fingerprint density at radius 3 is 2.52 bits per heavy atom. The lowest BCUT2D eigenvalue weighted by molar-refractivity contribution is 0.425. The average Bonchev–Trinajstić information content (AvgIpc) is 2.53. The summed E-state index contributed by atoms with van der Waals surface area (Å²) in [4.78, 5) is 0. The molecule has 21 heavy (non-hydrogen) atoms. The molecule has 0 amide bonds. The van der Waals surface area contributed by atoms with Gasteiger partial charge in [-0.05, 0) is 78.8 Å². The molecule has 1 aliphatic rings. The standard InChI is InChI=1S/C20H23F/c1-2-15-3-5-16(6-4-15)7-8-17-9-10-18-11-12-20(21)14-19(18)13-17/h3-6,11-12,14,17H,2,7-10,13H2,1H3. The third-order valence-corrected chi connectivity index (χ3v) is 4.77. The summed E-state index contributed by atoms with van der Waals surface area (Å²) in [5.41, 5.74) is 5.41. The summed E-state index contributed by atoms with van der Waals surface area (Å²) in [5, 5.41) is 0. The highest BCUT2D eigenvalue weighted by atomic mass is 19.1. The van der Waals surface area contributed by atoms with Crippen LogP contribution in [-0.2, 0) is 25.7 Å². The summed E-state index contributed by atoms with van der Waals surface area (Å²) in [6, 6.07) is 14.3. The minimum atomic E-state index is -0.0930. The summed E-state index contributed by atoms with van der Waals surface area (Å²) < 4.78 is 13.3. The number of halogens is 1. The van der Waals surface area contributed by atoms with Gasteiger partial charge in [-0.3, -0.25) is 0 Å². The highest BCUT2D eigenvalue weighted by molar-refractivity contribution is 5.30. The quantitative estimate of drug-likeness (QED) is 0.729. The van der Waals surface area contributed by atoms with E-state index >= 15 is 0 Å². The summed E-state index contributed by atoms with van der Waals surface area (Å²) in [6.07, 6.45) is 6.84. The molecule has 1 unspecified atom stereocenters. The van der Waals surface area contributed by atoms with Crippen molar-refractivity contribution in [1.82, 2.24) is 0 Å². The van der Waals surface area contributed by atoms with Crippen molar-refractivity contribution in [2.45, 2.75) is 45.4 Å². The van der Waals surface area contributed by atoms with Crippen LogP contribution in [0, 0.1) is 11.7 Å². The molecule has 0 radical (unpaired) electrons. The Balaban J connectivity index is 1.59. The van der Waals surface area contributed by atoms with E-state index in [4.69, 9.17) is 0 Å². The molecular weight excluding hydrogens is 259 g/mol. The molecule has 1 atom stereocenters. The Hall–Kier alpha value is -1.63. The largest absolute Gasteiger partial charge is 0.207 e. The molecule has 0 saturated heterocycles. The maximum absolute atomic E-state index is 13.3. The molecule has 0 N–H and O–H groups in total. The molecule has 3 rings (SSSR count). The number of aryl methyl sites for hydroxylation is 3. The van der Waals surface area contributed by atoms with Gasteiger partial charge in [-0.1, -0.05) is 37.3 Å². The van der Waals surface area contributed by atoms with E-state index in [1.165, 1.54) is 35.1 Å². The molecule has 0 aromatic heterocycles. The van der Waals surface area contributed by atoms with Crippen LogP contribution in [0.4, 0.5) is 4.39 Å². The van der Waals surface area contributed by atoms with Crippen LogP contribution in [0.3, 0.4) is 0 Å². The lowest BCUT2D eigenvalue weighted by atomic mass is 9.81. The maximum Gasteiger partial charge on any atom is 0.123 e. The van der Waals surface area contributed by atoms with Crippen molar-refractivity contribution in [3.63, 3.8) is 0 Å². The minimum absolute atomic E-state index is 0.0930. The molecule has 0 heterocycles. The number of benzene rings is 2. The lowest BCUT2D eigenvalue weighted by Crippen LogP contribution is -2.15. The van der Waals surface area contributed by atoms with Gasteiger partial charge in [0.05, 0.1) is 0 Å². The van der Waals surface area contributed by atoms with E-state index in [1.807, 2.05) is 6.07 Å². The van der Waals surface area contributed by atoms with Gasteiger partial charge in [-0.15, -0.1) is 0 Å². The molecule has 0 saturated carbocycles. The van der Waals surface area contributed by atoms with Crippen LogP contribution in [-0.4, -0.2) is 0 Å². The van der Waals surface area contributed by atoms with Gasteiger partial charge in [0.15, 0.2) is 0 Å². The van der Waals surface area contributed by atoms with Gasteiger partial charge in [-0.2, -0.15) is 0 Å². The van der Waals surface area contributed by atoms with Crippen molar-refractivity contribution in [1.29, 1.82) is 0 Å². The van der Waals surface area contributed by atoms with Gasteiger partial charge in [0.25, 0.3) is 0 Å². The zero-order valence-corrected chi connectivity index (χ0v) is 12.7. The van der Waals surface area contributed by atoms with Crippen LogP contribution in [0.5, 0.6) is 0 Å². The van der Waals surface area contributed by atoms with E-state index in [0.29, 0.717) is 5.92 Å². The smallest absolute Gasteiger partial charge is 0.123 e. The molecule has 110 valence electrons. The van der Waals surface area contributed by atoms with Crippen LogP contribution in [0.25, 0.3) is 0 Å². The molecule has 0 nitrogen and oxygen atoms in total. The maximum atomic E-state index is 13.3. The zero-order chi connectivity index (χ0) is 14.7. The molecule has 0 bridgehead atoms. The second-order valence-corrected chi connectivity index (χ2v) is 6.23. The van der Waals surface area contributed by atoms with Crippen molar-refractivity contribution >= 4 is 0 Å². The fraction of sp³-hybridized carbons (Fsp3) is 0.400. The molecule has 1 heteroatoms. The van der Waals surface area contributed by atoms with E-state index in [2.05, 4.69) is 31.2 Å². The van der Waals surface area contributed by atoms with E-state index in [-0.39, 0.29) is 5.82 Å².